The maximum atomic E-state index is 12.8. The first-order chi connectivity index (χ1) is 10.1. The van der Waals surface area contributed by atoms with Crippen LogP contribution in [0, 0.1) is 5.92 Å². The zero-order valence-corrected chi connectivity index (χ0v) is 12.8. The van der Waals surface area contributed by atoms with Crippen molar-refractivity contribution in [2.75, 3.05) is 19.6 Å². The lowest BCUT2D eigenvalue weighted by Gasteiger charge is -2.15. The first kappa shape index (κ1) is 14.1. The highest BCUT2D eigenvalue weighted by atomic mass is 16.2. The largest absolute Gasteiger partial charge is 0.335 e. The number of hydrogen-bond donors (Lipinski definition) is 1. The Labute approximate surface area is 124 Å². The van der Waals surface area contributed by atoms with Crippen LogP contribution in [0.3, 0.4) is 0 Å². The minimum atomic E-state index is 0.0408. The van der Waals surface area contributed by atoms with Gasteiger partial charge in [-0.1, -0.05) is 32.0 Å². The number of rotatable bonds is 3. The summed E-state index contributed by atoms with van der Waals surface area (Å²) in [6.45, 7) is 6.78. The zero-order chi connectivity index (χ0) is 15.0. The summed E-state index contributed by atoms with van der Waals surface area (Å²) in [4.78, 5) is 14.7. The van der Waals surface area contributed by atoms with Crippen LogP contribution in [-0.2, 0) is 7.05 Å². The molecule has 1 amide bonds. The Hall–Kier alpha value is -1.88. The van der Waals surface area contributed by atoms with Crippen LogP contribution < -0.4 is 5.32 Å². The molecule has 112 valence electrons. The minimum Gasteiger partial charge on any atom is -0.335 e. The van der Waals surface area contributed by atoms with E-state index in [4.69, 9.17) is 0 Å². The van der Waals surface area contributed by atoms with Crippen molar-refractivity contribution < 1.29 is 4.79 Å². The van der Waals surface area contributed by atoms with E-state index in [-0.39, 0.29) is 5.91 Å². The van der Waals surface area contributed by atoms with Gasteiger partial charge in [-0.25, -0.2) is 0 Å². The molecule has 1 aliphatic heterocycles. The number of carbonyl (C=O) groups is 1. The minimum absolute atomic E-state index is 0.0408. The third-order valence-corrected chi connectivity index (χ3v) is 4.33. The lowest BCUT2D eigenvalue weighted by molar-refractivity contribution is 0.0781. The molecule has 21 heavy (non-hydrogen) atoms. The molecule has 0 aliphatic carbocycles. The quantitative estimate of drug-likeness (QED) is 0.933. The Balaban J connectivity index is 1.88. The number of amides is 1. The number of benzene rings is 1. The molecule has 3 rings (SSSR count). The first-order valence-corrected chi connectivity index (χ1v) is 7.56. The summed E-state index contributed by atoms with van der Waals surface area (Å²) in [6, 6.07) is 8.27. The Kier molecular flexibility index (Phi) is 3.68. The molecule has 1 saturated heterocycles. The Morgan fingerprint density at radius 3 is 2.90 bits per heavy atom. The molecule has 0 bridgehead atoms. The molecule has 1 aromatic carbocycles. The number of aryl methyl sites for hydroxylation is 1. The highest BCUT2D eigenvalue weighted by Gasteiger charge is 2.33. The SMILES string of the molecule is CCNC1CN(C(=O)c2nn(C)c3ccccc23)CC1C. The molecule has 1 aromatic heterocycles. The summed E-state index contributed by atoms with van der Waals surface area (Å²) in [5, 5.41) is 8.82. The van der Waals surface area contributed by atoms with Gasteiger partial charge in [-0.15, -0.1) is 0 Å². The molecule has 5 heteroatoms. The van der Waals surface area contributed by atoms with Crippen LogP contribution in [-0.4, -0.2) is 46.3 Å². The lowest BCUT2D eigenvalue weighted by Crippen LogP contribution is -2.36. The molecule has 2 atom stereocenters. The topological polar surface area (TPSA) is 50.2 Å². The van der Waals surface area contributed by atoms with Crippen molar-refractivity contribution in [1.29, 1.82) is 0 Å². The van der Waals surface area contributed by atoms with E-state index >= 15 is 0 Å². The summed E-state index contributed by atoms with van der Waals surface area (Å²) < 4.78 is 1.78. The fourth-order valence-electron chi connectivity index (χ4n) is 3.18. The Morgan fingerprint density at radius 1 is 1.38 bits per heavy atom. The fourth-order valence-corrected chi connectivity index (χ4v) is 3.18. The summed E-state index contributed by atoms with van der Waals surface area (Å²) in [5.74, 6) is 0.517. The van der Waals surface area contributed by atoms with Crippen molar-refractivity contribution in [1.82, 2.24) is 20.0 Å². The molecule has 2 unspecified atom stereocenters. The second-order valence-corrected chi connectivity index (χ2v) is 5.84. The van der Waals surface area contributed by atoms with E-state index in [1.807, 2.05) is 36.2 Å². The number of likely N-dealkylation sites (N-methyl/N-ethyl adjacent to an activating group) is 1. The van der Waals surface area contributed by atoms with Crippen LogP contribution in [0.25, 0.3) is 10.9 Å². The van der Waals surface area contributed by atoms with Gasteiger partial charge in [0.15, 0.2) is 5.69 Å². The smallest absolute Gasteiger partial charge is 0.275 e. The van der Waals surface area contributed by atoms with Crippen molar-refractivity contribution in [2.24, 2.45) is 13.0 Å². The highest BCUT2D eigenvalue weighted by Crippen LogP contribution is 2.23. The molecule has 0 radical (unpaired) electrons. The molecular formula is C16H22N4O. The second-order valence-electron chi connectivity index (χ2n) is 5.84. The second kappa shape index (κ2) is 5.48. The molecule has 1 N–H and O–H groups in total. The number of hydrogen-bond acceptors (Lipinski definition) is 3. The van der Waals surface area contributed by atoms with Crippen LogP contribution in [0.1, 0.15) is 24.3 Å². The van der Waals surface area contributed by atoms with Crippen LogP contribution in [0.5, 0.6) is 0 Å². The van der Waals surface area contributed by atoms with Gasteiger partial charge in [0.05, 0.1) is 5.52 Å². The lowest BCUT2D eigenvalue weighted by atomic mass is 10.1. The van der Waals surface area contributed by atoms with E-state index in [9.17, 15) is 4.79 Å². The predicted octanol–water partition coefficient (Wildman–Crippen LogP) is 1.64. The molecule has 5 nitrogen and oxygen atoms in total. The van der Waals surface area contributed by atoms with Crippen molar-refractivity contribution in [3.8, 4) is 0 Å². The first-order valence-electron chi connectivity index (χ1n) is 7.56. The van der Waals surface area contributed by atoms with Crippen LogP contribution in [0.4, 0.5) is 0 Å². The van der Waals surface area contributed by atoms with E-state index in [0.29, 0.717) is 17.7 Å². The Morgan fingerprint density at radius 2 is 2.14 bits per heavy atom. The third kappa shape index (κ3) is 2.42. The number of carbonyl (C=O) groups excluding carboxylic acids is 1. The number of para-hydroxylation sites is 1. The molecule has 1 aliphatic rings. The standard InChI is InChI=1S/C16H22N4O/c1-4-17-13-10-20(9-11(13)2)16(21)15-12-7-5-6-8-14(12)19(3)18-15/h5-8,11,13,17H,4,9-10H2,1-3H3. The van der Waals surface area contributed by atoms with Crippen LogP contribution in [0.2, 0.25) is 0 Å². The fraction of sp³-hybridized carbons (Fsp3) is 0.500. The van der Waals surface area contributed by atoms with Gasteiger partial charge in [0, 0.05) is 31.6 Å². The van der Waals surface area contributed by atoms with Gasteiger partial charge < -0.3 is 10.2 Å². The van der Waals surface area contributed by atoms with E-state index in [1.165, 1.54) is 0 Å². The molecule has 1 fully saturated rings. The molecular weight excluding hydrogens is 264 g/mol. The van der Waals surface area contributed by atoms with Crippen molar-refractivity contribution >= 4 is 16.8 Å². The third-order valence-electron chi connectivity index (χ3n) is 4.33. The number of nitrogens with zero attached hydrogens (tertiary/aromatic N) is 3. The van der Waals surface area contributed by atoms with E-state index in [2.05, 4.69) is 24.3 Å². The molecule has 0 saturated carbocycles. The Bertz CT molecular complexity index is 663. The number of likely N-dealkylation sites (tertiary alicyclic amines) is 1. The average molecular weight is 286 g/mol. The van der Waals surface area contributed by atoms with Gasteiger partial charge in [-0.05, 0) is 18.5 Å². The van der Waals surface area contributed by atoms with Gasteiger partial charge in [-0.2, -0.15) is 5.10 Å². The van der Waals surface area contributed by atoms with Gasteiger partial charge in [-0.3, -0.25) is 9.48 Å². The molecule has 2 heterocycles. The average Bonchev–Trinajstić information content (AvgIpc) is 3.01. The monoisotopic (exact) mass is 286 g/mol. The van der Waals surface area contributed by atoms with Gasteiger partial charge >= 0.3 is 0 Å². The summed E-state index contributed by atoms with van der Waals surface area (Å²) in [7, 11) is 1.88. The summed E-state index contributed by atoms with van der Waals surface area (Å²) in [6.07, 6.45) is 0. The van der Waals surface area contributed by atoms with Gasteiger partial charge in [0.2, 0.25) is 0 Å². The summed E-state index contributed by atoms with van der Waals surface area (Å²) >= 11 is 0. The van der Waals surface area contributed by atoms with E-state index in [0.717, 1.165) is 30.5 Å². The van der Waals surface area contributed by atoms with Crippen LogP contribution in [0.15, 0.2) is 24.3 Å². The van der Waals surface area contributed by atoms with Crippen molar-refractivity contribution in [3.05, 3.63) is 30.0 Å². The van der Waals surface area contributed by atoms with E-state index < -0.39 is 0 Å². The normalized spacial score (nSPS) is 22.1. The summed E-state index contributed by atoms with van der Waals surface area (Å²) in [5.41, 5.74) is 1.56. The number of nitrogens with one attached hydrogen (secondary N) is 1. The number of aromatic nitrogens is 2. The maximum absolute atomic E-state index is 12.8. The van der Waals surface area contributed by atoms with Crippen LogP contribution >= 0.6 is 0 Å². The highest BCUT2D eigenvalue weighted by molar-refractivity contribution is 6.04. The zero-order valence-electron chi connectivity index (χ0n) is 12.8. The number of fused-ring (bicyclic) bond motifs is 1. The van der Waals surface area contributed by atoms with Crippen molar-refractivity contribution in [2.45, 2.75) is 19.9 Å². The predicted molar refractivity (Wildman–Crippen MR) is 83.2 cm³/mol. The van der Waals surface area contributed by atoms with Gasteiger partial charge in [0.1, 0.15) is 0 Å². The van der Waals surface area contributed by atoms with E-state index in [1.54, 1.807) is 4.68 Å². The molecule has 2 aromatic rings. The van der Waals surface area contributed by atoms with Gasteiger partial charge in [0.25, 0.3) is 5.91 Å². The molecule has 0 spiro atoms. The van der Waals surface area contributed by atoms with Crippen molar-refractivity contribution in [3.63, 3.8) is 0 Å². The maximum Gasteiger partial charge on any atom is 0.275 e.